The lowest BCUT2D eigenvalue weighted by Crippen LogP contribution is -2.47. The molecule has 3 aromatic rings. The highest BCUT2D eigenvalue weighted by Gasteiger charge is 2.33. The maximum atomic E-state index is 12.8. The summed E-state index contributed by atoms with van der Waals surface area (Å²) < 4.78 is 44.2. The molecule has 0 N–H and O–H groups in total. The molecule has 1 fully saturated rings. The van der Waals surface area contributed by atoms with Gasteiger partial charge in [-0.15, -0.1) is 21.5 Å². The predicted molar refractivity (Wildman–Crippen MR) is 104 cm³/mol. The first kappa shape index (κ1) is 20.1. The Morgan fingerprint density at radius 1 is 1.21 bits per heavy atom. The van der Waals surface area contributed by atoms with E-state index in [1.165, 1.54) is 11.3 Å². The van der Waals surface area contributed by atoms with Crippen LogP contribution in [0, 0.1) is 0 Å². The second kappa shape index (κ2) is 7.92. The van der Waals surface area contributed by atoms with E-state index in [0.29, 0.717) is 43.8 Å². The SMILES string of the molecule is C[C@@H](c1nnc(-c2cccs2)o1)N1CCN(c2ncc(C(F)(F)F)cc2Cl)CC1. The van der Waals surface area contributed by atoms with Gasteiger partial charge in [0, 0.05) is 32.4 Å². The molecule has 0 bridgehead atoms. The fraction of sp³-hybridized carbons (Fsp3) is 0.389. The number of hydrogen-bond donors (Lipinski definition) is 0. The molecule has 0 unspecified atom stereocenters. The van der Waals surface area contributed by atoms with Crippen molar-refractivity contribution in [2.24, 2.45) is 0 Å². The van der Waals surface area contributed by atoms with Gasteiger partial charge in [-0.2, -0.15) is 13.2 Å². The number of nitrogens with zero attached hydrogens (tertiary/aromatic N) is 5. The zero-order valence-corrected chi connectivity index (χ0v) is 16.9. The summed E-state index contributed by atoms with van der Waals surface area (Å²) in [5.74, 6) is 1.40. The summed E-state index contributed by atoms with van der Waals surface area (Å²) in [6.45, 7) is 4.47. The smallest absolute Gasteiger partial charge is 0.417 e. The van der Waals surface area contributed by atoms with E-state index >= 15 is 0 Å². The number of halogens is 4. The Balaban J connectivity index is 1.40. The molecule has 1 aliphatic heterocycles. The summed E-state index contributed by atoms with van der Waals surface area (Å²) in [6.07, 6.45) is -3.64. The van der Waals surface area contributed by atoms with Crippen molar-refractivity contribution in [3.63, 3.8) is 0 Å². The van der Waals surface area contributed by atoms with Gasteiger partial charge in [-0.1, -0.05) is 17.7 Å². The normalized spacial score (nSPS) is 16.9. The third kappa shape index (κ3) is 4.24. The number of thiophene rings is 1. The van der Waals surface area contributed by atoms with Gasteiger partial charge in [0.2, 0.25) is 5.89 Å². The fourth-order valence-corrected chi connectivity index (χ4v) is 4.13. The van der Waals surface area contributed by atoms with Gasteiger partial charge in [0.25, 0.3) is 5.89 Å². The van der Waals surface area contributed by atoms with Crippen LogP contribution in [-0.4, -0.2) is 46.3 Å². The summed E-state index contributed by atoms with van der Waals surface area (Å²) in [5, 5.41) is 10.2. The van der Waals surface area contributed by atoms with Crippen LogP contribution < -0.4 is 4.90 Å². The van der Waals surface area contributed by atoms with Crippen LogP contribution in [0.5, 0.6) is 0 Å². The first-order valence-corrected chi connectivity index (χ1v) is 10.2. The van der Waals surface area contributed by atoms with Crippen LogP contribution in [0.2, 0.25) is 5.02 Å². The van der Waals surface area contributed by atoms with E-state index in [1.807, 2.05) is 29.3 Å². The maximum Gasteiger partial charge on any atom is 0.417 e. The first-order chi connectivity index (χ1) is 13.8. The van der Waals surface area contributed by atoms with Gasteiger partial charge in [0.1, 0.15) is 5.82 Å². The molecular weight excluding hydrogens is 427 g/mol. The maximum absolute atomic E-state index is 12.8. The van der Waals surface area contributed by atoms with Crippen molar-refractivity contribution in [3.8, 4) is 10.8 Å². The Morgan fingerprint density at radius 3 is 2.59 bits per heavy atom. The molecule has 4 rings (SSSR count). The molecule has 0 radical (unpaired) electrons. The van der Waals surface area contributed by atoms with Crippen LogP contribution >= 0.6 is 22.9 Å². The van der Waals surface area contributed by atoms with Gasteiger partial charge >= 0.3 is 6.18 Å². The van der Waals surface area contributed by atoms with Crippen molar-refractivity contribution in [3.05, 3.63) is 46.3 Å². The number of pyridine rings is 1. The van der Waals surface area contributed by atoms with Crippen LogP contribution in [0.1, 0.15) is 24.4 Å². The van der Waals surface area contributed by atoms with Crippen molar-refractivity contribution in [2.45, 2.75) is 19.1 Å². The number of anilines is 1. The molecule has 3 aromatic heterocycles. The number of alkyl halides is 3. The topological polar surface area (TPSA) is 58.3 Å². The predicted octanol–water partition coefficient (Wildman–Crippen LogP) is 4.75. The first-order valence-electron chi connectivity index (χ1n) is 8.92. The van der Waals surface area contributed by atoms with Gasteiger partial charge < -0.3 is 9.32 Å². The van der Waals surface area contributed by atoms with E-state index in [1.54, 1.807) is 0 Å². The molecule has 0 aliphatic carbocycles. The Labute approximate surface area is 173 Å². The number of piperazine rings is 1. The lowest BCUT2D eigenvalue weighted by Gasteiger charge is -2.37. The van der Waals surface area contributed by atoms with Crippen molar-refractivity contribution >= 4 is 28.8 Å². The van der Waals surface area contributed by atoms with Gasteiger partial charge in [0.15, 0.2) is 0 Å². The van der Waals surface area contributed by atoms with Gasteiger partial charge in [-0.05, 0) is 24.4 Å². The Morgan fingerprint density at radius 2 is 1.97 bits per heavy atom. The molecule has 11 heteroatoms. The van der Waals surface area contributed by atoms with E-state index in [2.05, 4.69) is 20.1 Å². The highest BCUT2D eigenvalue weighted by Crippen LogP contribution is 2.34. The molecule has 29 heavy (non-hydrogen) atoms. The molecule has 0 spiro atoms. The summed E-state index contributed by atoms with van der Waals surface area (Å²) in [5.41, 5.74) is -0.851. The average Bonchev–Trinajstić information content (AvgIpc) is 3.38. The van der Waals surface area contributed by atoms with E-state index in [9.17, 15) is 13.2 Å². The summed E-state index contributed by atoms with van der Waals surface area (Å²) in [6, 6.07) is 4.69. The minimum absolute atomic E-state index is 0.00110. The quantitative estimate of drug-likeness (QED) is 0.580. The molecule has 154 valence electrons. The van der Waals surface area contributed by atoms with Crippen LogP contribution in [0.15, 0.2) is 34.2 Å². The molecule has 6 nitrogen and oxygen atoms in total. The molecule has 0 aromatic carbocycles. The lowest BCUT2D eigenvalue weighted by molar-refractivity contribution is -0.137. The molecule has 1 atom stereocenters. The largest absolute Gasteiger partial charge is 0.418 e. The minimum Gasteiger partial charge on any atom is -0.418 e. The molecule has 1 saturated heterocycles. The third-order valence-electron chi connectivity index (χ3n) is 4.84. The molecule has 0 amide bonds. The van der Waals surface area contributed by atoms with Crippen LogP contribution in [0.4, 0.5) is 19.0 Å². The molecule has 0 saturated carbocycles. The van der Waals surface area contributed by atoms with E-state index < -0.39 is 11.7 Å². The van der Waals surface area contributed by atoms with Crippen molar-refractivity contribution < 1.29 is 17.6 Å². The van der Waals surface area contributed by atoms with Crippen molar-refractivity contribution in [1.82, 2.24) is 20.1 Å². The standard InChI is InChI=1S/C18H17ClF3N5OS/c1-11(16-24-25-17(28-16)14-3-2-8-29-14)26-4-6-27(7-5-26)15-13(19)9-12(10-23-15)18(20,21)22/h2-3,8-11H,4-7H2,1H3/t11-/m0/s1. The number of hydrogen-bond acceptors (Lipinski definition) is 7. The van der Waals surface area contributed by atoms with Crippen molar-refractivity contribution in [2.75, 3.05) is 31.1 Å². The van der Waals surface area contributed by atoms with Gasteiger partial charge in [-0.25, -0.2) is 4.98 Å². The van der Waals surface area contributed by atoms with Gasteiger partial charge in [-0.3, -0.25) is 4.90 Å². The Bertz CT molecular complexity index is 970. The summed E-state index contributed by atoms with van der Waals surface area (Å²) in [7, 11) is 0. The monoisotopic (exact) mass is 443 g/mol. The third-order valence-corrected chi connectivity index (χ3v) is 5.98. The molecular formula is C18H17ClF3N5OS. The highest BCUT2D eigenvalue weighted by molar-refractivity contribution is 7.13. The van der Waals surface area contributed by atoms with Crippen LogP contribution in [0.3, 0.4) is 0 Å². The fourth-order valence-electron chi connectivity index (χ4n) is 3.20. The second-order valence-corrected chi connectivity index (χ2v) is 8.00. The summed E-state index contributed by atoms with van der Waals surface area (Å²) >= 11 is 7.60. The van der Waals surface area contributed by atoms with Crippen molar-refractivity contribution in [1.29, 1.82) is 0 Å². The van der Waals surface area contributed by atoms with E-state index in [0.717, 1.165) is 17.1 Å². The molecule has 4 heterocycles. The van der Waals surface area contributed by atoms with Gasteiger partial charge in [0.05, 0.1) is 21.5 Å². The van der Waals surface area contributed by atoms with E-state index in [-0.39, 0.29) is 11.1 Å². The second-order valence-electron chi connectivity index (χ2n) is 6.65. The zero-order valence-electron chi connectivity index (χ0n) is 15.4. The zero-order chi connectivity index (χ0) is 20.6. The lowest BCUT2D eigenvalue weighted by atomic mass is 10.2. The van der Waals surface area contributed by atoms with E-state index in [4.69, 9.17) is 16.0 Å². The average molecular weight is 444 g/mol. The molecule has 1 aliphatic rings. The Hall–Kier alpha value is -2.17. The summed E-state index contributed by atoms with van der Waals surface area (Å²) in [4.78, 5) is 8.93. The highest BCUT2D eigenvalue weighted by atomic mass is 35.5. The number of aromatic nitrogens is 3. The Kier molecular flexibility index (Phi) is 5.50. The van der Waals surface area contributed by atoms with Crippen LogP contribution in [-0.2, 0) is 6.18 Å². The minimum atomic E-state index is -4.46. The van der Waals surface area contributed by atoms with Crippen LogP contribution in [0.25, 0.3) is 10.8 Å². The number of rotatable bonds is 4.